The summed E-state index contributed by atoms with van der Waals surface area (Å²) in [5, 5.41) is 10.8. The van der Waals surface area contributed by atoms with Crippen molar-refractivity contribution < 1.29 is 8.81 Å². The molecule has 1 unspecified atom stereocenters. The molecule has 238 valence electrons. The third-order valence-corrected chi connectivity index (χ3v) is 10.3. The summed E-state index contributed by atoms with van der Waals surface area (Å²) in [5.41, 5.74) is 10.00. The van der Waals surface area contributed by atoms with Crippen molar-refractivity contribution in [2.24, 2.45) is 0 Å². The largest absolute Gasteiger partial charge is 0.456 e. The van der Waals surface area contributed by atoms with Crippen molar-refractivity contribution in [1.29, 1.82) is 0 Å². The Bertz CT molecular complexity index is 2770. The Balaban J connectivity index is 1.35. The highest BCUT2D eigenvalue weighted by Gasteiger charge is 2.38. The molecular weight excluding hydrogens is 616 g/mol. The number of hydrogen-bond acceptors (Lipinski definition) is 3. The molecule has 1 aromatic heterocycles. The molecule has 4 heteroatoms. The molecule has 9 aromatic rings. The molecule has 1 aliphatic rings. The van der Waals surface area contributed by atoms with E-state index in [-0.39, 0.29) is 12.0 Å². The fourth-order valence-corrected chi connectivity index (χ4v) is 8.00. The molecule has 0 amide bonds. The van der Waals surface area contributed by atoms with E-state index in [9.17, 15) is 0 Å². The van der Waals surface area contributed by atoms with Crippen molar-refractivity contribution in [3.63, 3.8) is 0 Å². The minimum atomic E-state index is -0.376. The summed E-state index contributed by atoms with van der Waals surface area (Å²) in [6, 6.07) is 53.5. The molecule has 1 atom stereocenters. The molecule has 8 aromatic carbocycles. The van der Waals surface area contributed by atoms with E-state index < -0.39 is 0 Å². The maximum atomic E-state index is 16.4. The van der Waals surface area contributed by atoms with Gasteiger partial charge in [0, 0.05) is 38.2 Å². The first-order valence-electron chi connectivity index (χ1n) is 17.0. The van der Waals surface area contributed by atoms with E-state index in [1.54, 1.807) is 6.07 Å². The molecule has 0 spiro atoms. The van der Waals surface area contributed by atoms with Crippen LogP contribution in [0.4, 0.5) is 21.5 Å². The fraction of sp³-hybridized carbons (Fsp3) is 0.0435. The number of anilines is 3. The number of halogens is 1. The second kappa shape index (κ2) is 11.1. The van der Waals surface area contributed by atoms with Crippen LogP contribution in [0.1, 0.15) is 17.3 Å². The van der Waals surface area contributed by atoms with Crippen LogP contribution in [0.5, 0.6) is 0 Å². The van der Waals surface area contributed by atoms with Gasteiger partial charge >= 0.3 is 0 Å². The van der Waals surface area contributed by atoms with Gasteiger partial charge in [-0.2, -0.15) is 0 Å². The summed E-state index contributed by atoms with van der Waals surface area (Å²) >= 11 is 0. The number of hydrogen-bond donors (Lipinski definition) is 1. The Kier molecular flexibility index (Phi) is 6.34. The van der Waals surface area contributed by atoms with Gasteiger partial charge in [0.25, 0.3) is 0 Å². The molecule has 3 nitrogen and oxygen atoms in total. The molecule has 0 radical (unpaired) electrons. The zero-order valence-corrected chi connectivity index (χ0v) is 27.3. The van der Waals surface area contributed by atoms with E-state index in [1.807, 2.05) is 66.7 Å². The summed E-state index contributed by atoms with van der Waals surface area (Å²) in [6.45, 7) is 2.14. The highest BCUT2D eigenvalue weighted by molar-refractivity contribution is 6.23. The van der Waals surface area contributed by atoms with Crippen molar-refractivity contribution in [2.75, 3.05) is 10.2 Å². The number of furan rings is 1. The second-order valence-electron chi connectivity index (χ2n) is 13.1. The Hall–Kier alpha value is -6.39. The van der Waals surface area contributed by atoms with Crippen LogP contribution in [0.15, 0.2) is 162 Å². The number of para-hydroxylation sites is 1. The summed E-state index contributed by atoms with van der Waals surface area (Å²) in [4.78, 5) is 2.38. The third kappa shape index (κ3) is 4.21. The lowest BCUT2D eigenvalue weighted by molar-refractivity contribution is 0.631. The first kappa shape index (κ1) is 28.6. The number of aryl methyl sites for hydroxylation is 1. The lowest BCUT2D eigenvalue weighted by atomic mass is 9.94. The summed E-state index contributed by atoms with van der Waals surface area (Å²) < 4.78 is 23.1. The monoisotopic (exact) mass is 646 g/mol. The van der Waals surface area contributed by atoms with Gasteiger partial charge in [-0.3, -0.25) is 0 Å². The molecule has 0 bridgehead atoms. The average Bonchev–Trinajstić information content (AvgIpc) is 3.76. The molecule has 0 aliphatic carbocycles. The van der Waals surface area contributed by atoms with Gasteiger partial charge in [-0.15, -0.1) is 0 Å². The molecule has 0 saturated carbocycles. The van der Waals surface area contributed by atoms with Crippen molar-refractivity contribution >= 4 is 60.5 Å². The van der Waals surface area contributed by atoms with E-state index in [0.717, 1.165) is 77.6 Å². The highest BCUT2D eigenvalue weighted by atomic mass is 19.1. The van der Waals surface area contributed by atoms with Crippen molar-refractivity contribution in [1.82, 2.24) is 0 Å². The van der Waals surface area contributed by atoms with E-state index >= 15 is 4.39 Å². The van der Waals surface area contributed by atoms with Crippen molar-refractivity contribution in [3.8, 4) is 22.3 Å². The molecule has 0 fully saturated rings. The van der Waals surface area contributed by atoms with Crippen LogP contribution in [0.3, 0.4) is 0 Å². The van der Waals surface area contributed by atoms with Gasteiger partial charge in [0.15, 0.2) is 0 Å². The summed E-state index contributed by atoms with van der Waals surface area (Å²) in [5.74, 6) is -0.263. The van der Waals surface area contributed by atoms with Gasteiger partial charge in [-0.25, -0.2) is 4.39 Å². The van der Waals surface area contributed by atoms with Gasteiger partial charge in [0.05, 0.1) is 17.1 Å². The fourth-order valence-electron chi connectivity index (χ4n) is 8.00. The highest BCUT2D eigenvalue weighted by Crippen LogP contribution is 2.56. The van der Waals surface area contributed by atoms with Crippen molar-refractivity contribution in [3.05, 3.63) is 175 Å². The first-order valence-corrected chi connectivity index (χ1v) is 17.0. The standard InChI is InChI=1S/C46H31FN2O/c1-28-24-25-36(45-42(28)35-22-12-13-23-41(35)50-45)46-48-43-33-20-10-8-18-31(33)32-19-9-11-21-34(32)44(43)49(46)40-27-37(29-14-4-2-5-15-29)39(47)26-38(40)30-16-6-3-7-17-30/h2-27,46,48H,1H3. The minimum Gasteiger partial charge on any atom is -0.456 e. The van der Waals surface area contributed by atoms with E-state index in [0.29, 0.717) is 5.56 Å². The summed E-state index contributed by atoms with van der Waals surface area (Å²) in [7, 11) is 0. The smallest absolute Gasteiger partial charge is 0.142 e. The van der Waals surface area contributed by atoms with Crippen LogP contribution in [-0.2, 0) is 0 Å². The number of fused-ring (bicyclic) bond motifs is 9. The Morgan fingerprint density at radius 2 is 1.16 bits per heavy atom. The van der Waals surface area contributed by atoms with Crippen LogP contribution >= 0.6 is 0 Å². The molecule has 1 aliphatic heterocycles. The lowest BCUT2D eigenvalue weighted by Gasteiger charge is -2.31. The SMILES string of the molecule is Cc1ccc(C2Nc3c(c4ccccc4c4ccccc34)N2c2cc(-c3ccccc3)c(F)cc2-c2ccccc2)c2oc3ccccc3c12. The molecule has 1 N–H and O–H groups in total. The third-order valence-electron chi connectivity index (χ3n) is 10.3. The normalized spacial score (nSPS) is 14.1. The van der Waals surface area contributed by atoms with Crippen LogP contribution in [0, 0.1) is 12.7 Å². The predicted molar refractivity (Wildman–Crippen MR) is 206 cm³/mol. The van der Waals surface area contributed by atoms with Gasteiger partial charge in [-0.05, 0) is 52.6 Å². The van der Waals surface area contributed by atoms with E-state index in [1.165, 1.54) is 10.8 Å². The number of benzene rings is 8. The zero-order chi connectivity index (χ0) is 33.3. The zero-order valence-electron chi connectivity index (χ0n) is 27.3. The number of nitrogens with zero attached hydrogens (tertiary/aromatic N) is 1. The van der Waals surface area contributed by atoms with Crippen molar-refractivity contribution in [2.45, 2.75) is 13.1 Å². The molecule has 2 heterocycles. The topological polar surface area (TPSA) is 28.4 Å². The molecular formula is C46H31FN2O. The van der Waals surface area contributed by atoms with E-state index in [4.69, 9.17) is 4.42 Å². The predicted octanol–water partition coefficient (Wildman–Crippen LogP) is 12.9. The number of rotatable bonds is 4. The molecule has 0 saturated heterocycles. The van der Waals surface area contributed by atoms with Gasteiger partial charge in [-0.1, -0.05) is 140 Å². The Morgan fingerprint density at radius 1 is 0.580 bits per heavy atom. The maximum Gasteiger partial charge on any atom is 0.142 e. The van der Waals surface area contributed by atoms with Gasteiger partial charge in [0.2, 0.25) is 0 Å². The summed E-state index contributed by atoms with van der Waals surface area (Å²) in [6.07, 6.45) is -0.376. The van der Waals surface area contributed by atoms with Gasteiger partial charge in [0.1, 0.15) is 23.1 Å². The molecule has 50 heavy (non-hydrogen) atoms. The van der Waals surface area contributed by atoms with Crippen LogP contribution < -0.4 is 10.2 Å². The Labute approximate surface area is 288 Å². The van der Waals surface area contributed by atoms with Crippen LogP contribution in [0.2, 0.25) is 0 Å². The van der Waals surface area contributed by atoms with Crippen LogP contribution in [0.25, 0.3) is 65.7 Å². The lowest BCUT2D eigenvalue weighted by Crippen LogP contribution is -2.24. The van der Waals surface area contributed by atoms with Crippen LogP contribution in [-0.4, -0.2) is 0 Å². The molecule has 10 rings (SSSR count). The van der Waals surface area contributed by atoms with E-state index in [2.05, 4.69) is 102 Å². The quantitative estimate of drug-likeness (QED) is 0.193. The maximum absolute atomic E-state index is 16.4. The average molecular weight is 647 g/mol. The first-order chi connectivity index (χ1) is 24.7. The van der Waals surface area contributed by atoms with Gasteiger partial charge < -0.3 is 14.6 Å². The number of nitrogens with one attached hydrogen (secondary N) is 1. The minimum absolute atomic E-state index is 0.263. The Morgan fingerprint density at radius 3 is 1.88 bits per heavy atom. The second-order valence-corrected chi connectivity index (χ2v) is 13.1.